The molecule has 2 amide bonds. The first kappa shape index (κ1) is 19.5. The van der Waals surface area contributed by atoms with Crippen LogP contribution in [0.4, 0.5) is 0 Å². The molecule has 1 fully saturated rings. The lowest BCUT2D eigenvalue weighted by atomic mass is 9.98. The number of hydroxylamine groups is 2. The smallest absolute Gasteiger partial charge is 0.261 e. The van der Waals surface area contributed by atoms with E-state index in [-0.39, 0.29) is 16.4 Å². The third kappa shape index (κ3) is 4.63. The maximum absolute atomic E-state index is 11.4. The molecule has 1 N–H and O–H groups in total. The summed E-state index contributed by atoms with van der Waals surface area (Å²) in [5.41, 5.74) is 1.55. The first-order valence-electron chi connectivity index (χ1n) is 7.53. The normalized spacial score (nSPS) is 16.8. The highest BCUT2D eigenvalue weighted by Gasteiger charge is 2.38. The Morgan fingerprint density at radius 2 is 1.65 bits per heavy atom. The minimum atomic E-state index is -4.31. The molecule has 2 aromatic carbocycles. The molecule has 0 aliphatic carbocycles. The predicted octanol–water partition coefficient (Wildman–Crippen LogP) is 2.15. The van der Waals surface area contributed by atoms with Crippen molar-refractivity contribution in [3.05, 3.63) is 72.3 Å². The van der Waals surface area contributed by atoms with Gasteiger partial charge in [-0.25, -0.2) is 8.42 Å². The molecule has 1 aliphatic rings. The summed E-state index contributed by atoms with van der Waals surface area (Å²) in [6.45, 7) is 3.50. The largest absolute Gasteiger partial charge is 0.744 e. The summed E-state index contributed by atoms with van der Waals surface area (Å²) in [5, 5.41) is 9.24. The second-order valence-electron chi connectivity index (χ2n) is 5.44. The van der Waals surface area contributed by atoms with Crippen molar-refractivity contribution < 1.29 is 27.8 Å². The van der Waals surface area contributed by atoms with Gasteiger partial charge in [-0.3, -0.25) is 14.8 Å². The van der Waals surface area contributed by atoms with Crippen LogP contribution in [0.25, 0.3) is 6.08 Å². The molecule has 8 heteroatoms. The summed E-state index contributed by atoms with van der Waals surface area (Å²) in [6, 6.07) is 14.6. The van der Waals surface area contributed by atoms with Crippen molar-refractivity contribution in [1.82, 2.24) is 5.06 Å². The van der Waals surface area contributed by atoms with E-state index in [9.17, 15) is 22.6 Å². The Balaban J connectivity index is 0.000000190. The van der Waals surface area contributed by atoms with Crippen molar-refractivity contribution in [3.8, 4) is 0 Å². The maximum Gasteiger partial charge on any atom is 0.261 e. The molecule has 0 radical (unpaired) electrons. The minimum Gasteiger partial charge on any atom is -0.744 e. The van der Waals surface area contributed by atoms with Gasteiger partial charge in [-0.05, 0) is 23.3 Å². The molecule has 1 aliphatic heterocycles. The quantitative estimate of drug-likeness (QED) is 0.500. The Hall–Kier alpha value is -2.81. The van der Waals surface area contributed by atoms with Crippen LogP contribution in [0.3, 0.4) is 0 Å². The molecule has 26 heavy (non-hydrogen) atoms. The summed E-state index contributed by atoms with van der Waals surface area (Å²) in [4.78, 5) is 22.2. The fraction of sp³-hybridized carbons (Fsp3) is 0.111. The Kier molecular flexibility index (Phi) is 6.04. The molecule has 1 heterocycles. The van der Waals surface area contributed by atoms with Crippen LogP contribution >= 0.6 is 0 Å². The molecule has 1 atom stereocenters. The Bertz CT molecular complexity index is 906. The van der Waals surface area contributed by atoms with Gasteiger partial charge < -0.3 is 4.55 Å². The van der Waals surface area contributed by atoms with E-state index < -0.39 is 27.9 Å². The monoisotopic (exact) mass is 374 g/mol. The molecular formula is C18H16NO6S-. The molecule has 0 spiro atoms. The number of rotatable bonds is 3. The SMILES string of the molecule is C=Cc1ccc(S(=O)(=O)[O-])cc1.O=C1CC(c2ccccc2)C(=O)N1O. The number of carbonyl (C=O) groups excluding carboxylic acids is 2. The van der Waals surface area contributed by atoms with E-state index in [4.69, 9.17) is 5.21 Å². The zero-order valence-corrected chi connectivity index (χ0v) is 14.4. The van der Waals surface area contributed by atoms with Crippen molar-refractivity contribution in [3.63, 3.8) is 0 Å². The van der Waals surface area contributed by atoms with Gasteiger partial charge in [0.25, 0.3) is 11.8 Å². The number of benzene rings is 2. The lowest BCUT2D eigenvalue weighted by Crippen LogP contribution is -2.26. The lowest BCUT2D eigenvalue weighted by Gasteiger charge is -2.06. The summed E-state index contributed by atoms with van der Waals surface area (Å²) >= 11 is 0. The van der Waals surface area contributed by atoms with Gasteiger partial charge in [-0.2, -0.15) is 5.06 Å². The van der Waals surface area contributed by atoms with Gasteiger partial charge in [0.2, 0.25) is 0 Å². The maximum atomic E-state index is 11.4. The number of nitrogens with zero attached hydrogens (tertiary/aromatic N) is 1. The van der Waals surface area contributed by atoms with Crippen molar-refractivity contribution in [1.29, 1.82) is 0 Å². The van der Waals surface area contributed by atoms with Crippen molar-refractivity contribution in [2.75, 3.05) is 0 Å². The summed E-state index contributed by atoms with van der Waals surface area (Å²) in [7, 11) is -4.31. The van der Waals surface area contributed by atoms with Gasteiger partial charge >= 0.3 is 0 Å². The fourth-order valence-corrected chi connectivity index (χ4v) is 2.80. The Morgan fingerprint density at radius 1 is 1.08 bits per heavy atom. The molecule has 0 aromatic heterocycles. The zero-order chi connectivity index (χ0) is 19.3. The molecule has 1 saturated heterocycles. The second-order valence-corrected chi connectivity index (χ2v) is 6.82. The van der Waals surface area contributed by atoms with Crippen molar-refractivity contribution in [2.24, 2.45) is 0 Å². The minimum absolute atomic E-state index is 0.0549. The van der Waals surface area contributed by atoms with E-state index in [1.807, 2.05) is 6.07 Å². The first-order valence-corrected chi connectivity index (χ1v) is 8.94. The second kappa shape index (κ2) is 8.05. The molecular weight excluding hydrogens is 358 g/mol. The lowest BCUT2D eigenvalue weighted by molar-refractivity contribution is -0.171. The number of hydrogen-bond donors (Lipinski definition) is 1. The van der Waals surface area contributed by atoms with Crippen molar-refractivity contribution >= 4 is 28.0 Å². The van der Waals surface area contributed by atoms with E-state index in [0.717, 1.165) is 11.1 Å². The predicted molar refractivity (Wildman–Crippen MR) is 91.9 cm³/mol. The van der Waals surface area contributed by atoms with Crippen LogP contribution in [0.5, 0.6) is 0 Å². The average molecular weight is 374 g/mol. The fourth-order valence-electron chi connectivity index (χ4n) is 2.34. The third-order valence-corrected chi connectivity index (χ3v) is 4.58. The standard InChI is InChI=1S/C10H9NO3.C8H8O3S/c12-9-6-8(10(13)11(9)14)7-4-2-1-3-5-7;1-2-7-3-5-8(6-4-7)12(9,10)11/h1-5,8,14H,6H2;2-6H,1H2,(H,9,10,11)/p-1. The molecule has 136 valence electrons. The van der Waals surface area contributed by atoms with Crippen LogP contribution in [-0.4, -0.2) is 35.1 Å². The Morgan fingerprint density at radius 3 is 2.08 bits per heavy atom. The average Bonchev–Trinajstić information content (AvgIpc) is 2.90. The van der Waals surface area contributed by atoms with Crippen LogP contribution in [0.1, 0.15) is 23.5 Å². The number of carbonyl (C=O) groups is 2. The van der Waals surface area contributed by atoms with Crippen LogP contribution in [0, 0.1) is 0 Å². The van der Waals surface area contributed by atoms with E-state index in [1.54, 1.807) is 30.3 Å². The number of imide groups is 1. The van der Waals surface area contributed by atoms with E-state index in [2.05, 4.69) is 6.58 Å². The van der Waals surface area contributed by atoms with Crippen LogP contribution < -0.4 is 0 Å². The summed E-state index contributed by atoms with van der Waals surface area (Å²) in [6.07, 6.45) is 1.63. The van der Waals surface area contributed by atoms with Gasteiger partial charge in [0.15, 0.2) is 0 Å². The van der Waals surface area contributed by atoms with Gasteiger partial charge in [0.1, 0.15) is 10.1 Å². The summed E-state index contributed by atoms with van der Waals surface area (Å²) < 4.78 is 31.4. The van der Waals surface area contributed by atoms with Crippen molar-refractivity contribution in [2.45, 2.75) is 17.2 Å². The van der Waals surface area contributed by atoms with Gasteiger partial charge in [0, 0.05) is 6.42 Å². The topological polar surface area (TPSA) is 115 Å². The number of amides is 2. The zero-order valence-electron chi connectivity index (χ0n) is 13.6. The van der Waals surface area contributed by atoms with E-state index in [1.165, 1.54) is 24.3 Å². The molecule has 0 saturated carbocycles. The molecule has 3 rings (SSSR count). The number of hydrogen-bond acceptors (Lipinski definition) is 6. The molecule has 0 bridgehead atoms. The van der Waals surface area contributed by atoms with E-state index in [0.29, 0.717) is 0 Å². The van der Waals surface area contributed by atoms with Crippen LogP contribution in [-0.2, 0) is 19.7 Å². The van der Waals surface area contributed by atoms with Crippen LogP contribution in [0.15, 0.2) is 66.1 Å². The third-order valence-electron chi connectivity index (χ3n) is 3.73. The summed E-state index contributed by atoms with van der Waals surface area (Å²) in [5.74, 6) is -1.60. The first-order chi connectivity index (χ1) is 12.2. The molecule has 1 unspecified atom stereocenters. The Labute approximate surface area is 150 Å². The highest BCUT2D eigenvalue weighted by molar-refractivity contribution is 7.85. The highest BCUT2D eigenvalue weighted by Crippen LogP contribution is 2.27. The van der Waals surface area contributed by atoms with E-state index >= 15 is 0 Å². The molecule has 2 aromatic rings. The highest BCUT2D eigenvalue weighted by atomic mass is 32.2. The van der Waals surface area contributed by atoms with Crippen LogP contribution in [0.2, 0.25) is 0 Å². The molecule has 7 nitrogen and oxygen atoms in total. The van der Waals surface area contributed by atoms with Gasteiger partial charge in [-0.15, -0.1) is 0 Å². The van der Waals surface area contributed by atoms with Gasteiger partial charge in [0.05, 0.1) is 10.8 Å². The van der Waals surface area contributed by atoms with Gasteiger partial charge in [-0.1, -0.05) is 55.1 Å².